The molecule has 23 heavy (non-hydrogen) atoms. The first-order valence-corrected chi connectivity index (χ1v) is 8.20. The highest BCUT2D eigenvalue weighted by Gasteiger charge is 2.18. The van der Waals surface area contributed by atoms with Gasteiger partial charge < -0.3 is 10.2 Å². The summed E-state index contributed by atoms with van der Waals surface area (Å²) in [6, 6.07) is 12.9. The van der Waals surface area contributed by atoms with Crippen molar-refractivity contribution < 1.29 is 4.39 Å². The van der Waals surface area contributed by atoms with Crippen LogP contribution >= 0.6 is 0 Å². The third-order valence-electron chi connectivity index (χ3n) is 4.19. The number of halogens is 1. The molecule has 0 unspecified atom stereocenters. The second-order valence-corrected chi connectivity index (χ2v) is 5.78. The van der Waals surface area contributed by atoms with Gasteiger partial charge in [0.2, 0.25) is 0 Å². The molecule has 1 aromatic carbocycles. The molecule has 0 spiro atoms. The van der Waals surface area contributed by atoms with Crippen LogP contribution in [0.1, 0.15) is 6.42 Å². The first-order valence-electron chi connectivity index (χ1n) is 8.20. The molecule has 0 aliphatic carbocycles. The molecule has 2 heterocycles. The van der Waals surface area contributed by atoms with Crippen LogP contribution in [-0.4, -0.2) is 49.2 Å². The monoisotopic (exact) mass is 314 g/mol. The van der Waals surface area contributed by atoms with Crippen molar-refractivity contribution in [3.05, 3.63) is 54.5 Å². The van der Waals surface area contributed by atoms with Crippen LogP contribution in [0.5, 0.6) is 0 Å². The van der Waals surface area contributed by atoms with E-state index in [-0.39, 0.29) is 5.82 Å². The van der Waals surface area contributed by atoms with Crippen LogP contribution in [0.3, 0.4) is 0 Å². The molecule has 122 valence electrons. The molecule has 2 aromatic rings. The van der Waals surface area contributed by atoms with Crippen molar-refractivity contribution in [2.24, 2.45) is 0 Å². The number of hydrogen-bond donors (Lipinski definition) is 1. The fourth-order valence-corrected chi connectivity index (χ4v) is 2.91. The van der Waals surface area contributed by atoms with Crippen molar-refractivity contribution in [2.45, 2.75) is 6.42 Å². The summed E-state index contributed by atoms with van der Waals surface area (Å²) in [6.07, 6.45) is 2.88. The number of hydrogen-bond acceptors (Lipinski definition) is 4. The summed E-state index contributed by atoms with van der Waals surface area (Å²) < 4.78 is 13.8. The molecule has 1 aliphatic rings. The highest BCUT2D eigenvalue weighted by Crippen LogP contribution is 2.20. The van der Waals surface area contributed by atoms with Crippen molar-refractivity contribution in [2.75, 3.05) is 49.5 Å². The Morgan fingerprint density at radius 3 is 2.52 bits per heavy atom. The number of piperazine rings is 1. The highest BCUT2D eigenvalue weighted by molar-refractivity contribution is 5.48. The first kappa shape index (κ1) is 15.7. The van der Waals surface area contributed by atoms with Gasteiger partial charge in [0.15, 0.2) is 0 Å². The molecule has 3 rings (SSSR count). The number of benzene rings is 1. The zero-order valence-corrected chi connectivity index (χ0v) is 13.3. The molecule has 0 saturated carbocycles. The number of aromatic nitrogens is 1. The largest absolute Gasteiger partial charge is 0.370 e. The lowest BCUT2D eigenvalue weighted by molar-refractivity contribution is 0.256. The number of anilines is 2. The maximum absolute atomic E-state index is 13.8. The van der Waals surface area contributed by atoms with Gasteiger partial charge >= 0.3 is 0 Å². The van der Waals surface area contributed by atoms with Crippen LogP contribution in [0, 0.1) is 5.82 Å². The maximum Gasteiger partial charge on any atom is 0.146 e. The minimum Gasteiger partial charge on any atom is -0.370 e. The smallest absolute Gasteiger partial charge is 0.146 e. The van der Waals surface area contributed by atoms with E-state index < -0.39 is 0 Å². The first-order chi connectivity index (χ1) is 11.3. The van der Waals surface area contributed by atoms with Gasteiger partial charge in [0.1, 0.15) is 11.6 Å². The Balaban J connectivity index is 1.37. The molecule has 1 fully saturated rings. The van der Waals surface area contributed by atoms with Crippen LogP contribution in [-0.2, 0) is 0 Å². The summed E-state index contributed by atoms with van der Waals surface area (Å²) in [4.78, 5) is 8.83. The number of nitrogens with zero attached hydrogens (tertiary/aromatic N) is 3. The second kappa shape index (κ2) is 7.92. The van der Waals surface area contributed by atoms with Gasteiger partial charge in [0.25, 0.3) is 0 Å². The van der Waals surface area contributed by atoms with Gasteiger partial charge in [-0.25, -0.2) is 9.37 Å². The molecule has 1 saturated heterocycles. The van der Waals surface area contributed by atoms with Crippen LogP contribution in [0.4, 0.5) is 15.9 Å². The predicted molar refractivity (Wildman–Crippen MR) is 92.4 cm³/mol. The maximum atomic E-state index is 13.8. The number of nitrogens with one attached hydrogen (secondary N) is 1. The number of pyridine rings is 1. The summed E-state index contributed by atoms with van der Waals surface area (Å²) in [5.41, 5.74) is 0.726. The quantitative estimate of drug-likeness (QED) is 0.831. The van der Waals surface area contributed by atoms with Gasteiger partial charge in [0, 0.05) is 38.9 Å². The van der Waals surface area contributed by atoms with Gasteiger partial charge in [-0.2, -0.15) is 0 Å². The van der Waals surface area contributed by atoms with E-state index in [1.54, 1.807) is 12.3 Å². The highest BCUT2D eigenvalue weighted by atomic mass is 19.1. The number of para-hydroxylation sites is 1. The molecule has 1 aliphatic heterocycles. The molecular weight excluding hydrogens is 291 g/mol. The third-order valence-corrected chi connectivity index (χ3v) is 4.19. The average molecular weight is 314 g/mol. The molecule has 0 bridgehead atoms. The number of rotatable bonds is 6. The Morgan fingerprint density at radius 2 is 1.78 bits per heavy atom. The minimum atomic E-state index is -0.125. The molecule has 0 amide bonds. The van der Waals surface area contributed by atoms with Gasteiger partial charge in [-0.05, 0) is 37.2 Å². The Bertz CT molecular complexity index is 597. The normalized spacial score (nSPS) is 15.6. The lowest BCUT2D eigenvalue weighted by Crippen LogP contribution is -2.47. The van der Waals surface area contributed by atoms with Crippen molar-refractivity contribution in [3.8, 4) is 0 Å². The van der Waals surface area contributed by atoms with E-state index in [1.165, 1.54) is 6.07 Å². The predicted octanol–water partition coefficient (Wildman–Crippen LogP) is 2.84. The molecule has 4 nitrogen and oxygen atoms in total. The van der Waals surface area contributed by atoms with Crippen molar-refractivity contribution >= 4 is 11.5 Å². The fraction of sp³-hybridized carbons (Fsp3) is 0.389. The van der Waals surface area contributed by atoms with E-state index in [9.17, 15) is 4.39 Å². The molecule has 0 radical (unpaired) electrons. The van der Waals surface area contributed by atoms with Crippen LogP contribution < -0.4 is 10.2 Å². The SMILES string of the molecule is Fc1ccccc1N1CCN(CCCNc2ccccn2)CC1. The summed E-state index contributed by atoms with van der Waals surface area (Å²) in [5.74, 6) is 0.803. The third kappa shape index (κ3) is 4.42. The Kier molecular flexibility index (Phi) is 5.42. The molecule has 1 N–H and O–H groups in total. The topological polar surface area (TPSA) is 31.4 Å². The lowest BCUT2D eigenvalue weighted by Gasteiger charge is -2.36. The Morgan fingerprint density at radius 1 is 1.00 bits per heavy atom. The summed E-state index contributed by atoms with van der Waals surface area (Å²) in [7, 11) is 0. The van der Waals surface area contributed by atoms with Crippen LogP contribution in [0.2, 0.25) is 0 Å². The lowest BCUT2D eigenvalue weighted by atomic mass is 10.2. The molecule has 0 atom stereocenters. The fourth-order valence-electron chi connectivity index (χ4n) is 2.91. The van der Waals surface area contributed by atoms with E-state index in [0.717, 1.165) is 57.2 Å². The summed E-state index contributed by atoms with van der Waals surface area (Å²) >= 11 is 0. The standard InChI is InChI=1S/C18H23FN4/c19-16-6-1-2-7-17(16)23-14-12-22(13-15-23)11-5-10-21-18-8-3-4-9-20-18/h1-4,6-9H,5,10-15H2,(H,20,21). The van der Waals surface area contributed by atoms with E-state index in [4.69, 9.17) is 0 Å². The average Bonchev–Trinajstić information content (AvgIpc) is 2.61. The van der Waals surface area contributed by atoms with Crippen molar-refractivity contribution in [1.29, 1.82) is 0 Å². The minimum absolute atomic E-state index is 0.125. The molecular formula is C18H23FN4. The van der Waals surface area contributed by atoms with Crippen molar-refractivity contribution in [3.63, 3.8) is 0 Å². The van der Waals surface area contributed by atoms with E-state index in [1.807, 2.05) is 30.3 Å². The van der Waals surface area contributed by atoms with Gasteiger partial charge in [-0.3, -0.25) is 4.90 Å². The second-order valence-electron chi connectivity index (χ2n) is 5.78. The molecule has 5 heteroatoms. The van der Waals surface area contributed by atoms with E-state index in [0.29, 0.717) is 0 Å². The zero-order chi connectivity index (χ0) is 15.9. The summed E-state index contributed by atoms with van der Waals surface area (Å²) in [5, 5.41) is 3.33. The summed E-state index contributed by atoms with van der Waals surface area (Å²) in [6.45, 7) is 5.72. The van der Waals surface area contributed by atoms with Crippen LogP contribution in [0.25, 0.3) is 0 Å². The van der Waals surface area contributed by atoms with Gasteiger partial charge in [-0.15, -0.1) is 0 Å². The van der Waals surface area contributed by atoms with E-state index >= 15 is 0 Å². The zero-order valence-electron chi connectivity index (χ0n) is 13.3. The van der Waals surface area contributed by atoms with Crippen molar-refractivity contribution in [1.82, 2.24) is 9.88 Å². The Labute approximate surface area is 136 Å². The molecule has 1 aromatic heterocycles. The Hall–Kier alpha value is -2.14. The van der Waals surface area contributed by atoms with E-state index in [2.05, 4.69) is 20.1 Å². The van der Waals surface area contributed by atoms with Gasteiger partial charge in [0.05, 0.1) is 5.69 Å². The van der Waals surface area contributed by atoms with Crippen LogP contribution in [0.15, 0.2) is 48.7 Å². The van der Waals surface area contributed by atoms with Gasteiger partial charge in [-0.1, -0.05) is 18.2 Å².